The van der Waals surface area contributed by atoms with E-state index >= 15 is 0 Å². The van der Waals surface area contributed by atoms with Crippen LogP contribution in [0.5, 0.6) is 0 Å². The number of nitrogens with one attached hydrogen (secondary N) is 1. The molecule has 98 valence electrons. The van der Waals surface area contributed by atoms with Crippen molar-refractivity contribution in [3.8, 4) is 0 Å². The van der Waals surface area contributed by atoms with E-state index in [1.807, 2.05) is 0 Å². The molecular formula is C12H13BrF2N2S. The molecule has 0 bridgehead atoms. The van der Waals surface area contributed by atoms with Gasteiger partial charge in [0.15, 0.2) is 5.17 Å². The molecule has 0 aromatic heterocycles. The number of amidine groups is 1. The van der Waals surface area contributed by atoms with Crippen LogP contribution in [0.25, 0.3) is 0 Å². The van der Waals surface area contributed by atoms with Crippen molar-refractivity contribution in [3.05, 3.63) is 28.2 Å². The largest absolute Gasteiger partial charge is 0.332 e. The Morgan fingerprint density at radius 3 is 2.72 bits per heavy atom. The van der Waals surface area contributed by atoms with Crippen molar-refractivity contribution in [3.63, 3.8) is 0 Å². The second kappa shape index (κ2) is 5.57. The van der Waals surface area contributed by atoms with E-state index in [-0.39, 0.29) is 16.2 Å². The summed E-state index contributed by atoms with van der Waals surface area (Å²) < 4.78 is 27.1. The number of hydrogen-bond donors (Lipinski definition) is 1. The molecule has 1 unspecified atom stereocenters. The molecule has 0 amide bonds. The number of halogens is 3. The van der Waals surface area contributed by atoms with Crippen molar-refractivity contribution >= 4 is 38.5 Å². The van der Waals surface area contributed by atoms with Crippen LogP contribution in [0.4, 0.5) is 14.5 Å². The Balaban J connectivity index is 2.16. The van der Waals surface area contributed by atoms with Crippen LogP contribution in [0, 0.1) is 17.6 Å². The standard InChI is InChI=1S/C12H13BrF2N2S/c1-6(2)11-5-18-12(17-11)16-10-4-8(14)7(13)3-9(10)15/h3-4,6,11H,5H2,1-2H3,(H,16,17). The summed E-state index contributed by atoms with van der Waals surface area (Å²) in [4.78, 5) is 4.44. The molecule has 1 aliphatic rings. The van der Waals surface area contributed by atoms with Crippen molar-refractivity contribution in [1.82, 2.24) is 0 Å². The van der Waals surface area contributed by atoms with Gasteiger partial charge in [-0.2, -0.15) is 0 Å². The Kier molecular flexibility index (Phi) is 4.27. The van der Waals surface area contributed by atoms with Gasteiger partial charge in [-0.15, -0.1) is 0 Å². The van der Waals surface area contributed by atoms with Crippen molar-refractivity contribution in [2.45, 2.75) is 19.9 Å². The first-order valence-corrected chi connectivity index (χ1v) is 7.37. The molecule has 1 N–H and O–H groups in total. The summed E-state index contributed by atoms with van der Waals surface area (Å²) >= 11 is 4.47. The lowest BCUT2D eigenvalue weighted by Crippen LogP contribution is -2.12. The van der Waals surface area contributed by atoms with Gasteiger partial charge >= 0.3 is 0 Å². The molecule has 0 saturated carbocycles. The average Bonchev–Trinajstić information content (AvgIpc) is 2.74. The number of thioether (sulfide) groups is 1. The maximum absolute atomic E-state index is 13.6. The van der Waals surface area contributed by atoms with Crippen LogP contribution >= 0.6 is 27.7 Å². The zero-order chi connectivity index (χ0) is 13.3. The number of aliphatic imine (C=N–C) groups is 1. The van der Waals surface area contributed by atoms with Crippen LogP contribution in [0.2, 0.25) is 0 Å². The molecule has 18 heavy (non-hydrogen) atoms. The minimum atomic E-state index is -0.500. The molecule has 2 rings (SSSR count). The summed E-state index contributed by atoms with van der Waals surface area (Å²) in [5, 5.41) is 3.49. The lowest BCUT2D eigenvalue weighted by Gasteiger charge is -2.08. The van der Waals surface area contributed by atoms with Gasteiger partial charge in [-0.1, -0.05) is 25.6 Å². The van der Waals surface area contributed by atoms with E-state index in [1.165, 1.54) is 11.8 Å². The fourth-order valence-corrected chi connectivity index (χ4v) is 3.03. The minimum Gasteiger partial charge on any atom is -0.332 e. The highest BCUT2D eigenvalue weighted by Gasteiger charge is 2.22. The highest BCUT2D eigenvalue weighted by atomic mass is 79.9. The first-order chi connectivity index (χ1) is 8.47. The van der Waals surface area contributed by atoms with Crippen molar-refractivity contribution < 1.29 is 8.78 Å². The predicted octanol–water partition coefficient (Wildman–Crippen LogP) is 4.27. The summed E-state index contributed by atoms with van der Waals surface area (Å²) in [7, 11) is 0. The Hall–Kier alpha value is -0.620. The Labute approximate surface area is 117 Å². The molecule has 0 aliphatic carbocycles. The highest BCUT2D eigenvalue weighted by Crippen LogP contribution is 2.27. The number of nitrogens with zero attached hydrogens (tertiary/aromatic N) is 1. The maximum Gasteiger partial charge on any atom is 0.161 e. The highest BCUT2D eigenvalue weighted by molar-refractivity contribution is 9.10. The fourth-order valence-electron chi connectivity index (χ4n) is 1.53. The van der Waals surface area contributed by atoms with E-state index in [2.05, 4.69) is 40.1 Å². The van der Waals surface area contributed by atoms with Gasteiger partial charge in [0.05, 0.1) is 16.2 Å². The summed E-state index contributed by atoms with van der Waals surface area (Å²) in [5.74, 6) is 0.325. The van der Waals surface area contributed by atoms with Gasteiger partial charge in [-0.25, -0.2) is 8.78 Å². The molecule has 1 aromatic rings. The first kappa shape index (κ1) is 13.8. The third-order valence-electron chi connectivity index (χ3n) is 2.70. The third kappa shape index (κ3) is 3.03. The summed E-state index contributed by atoms with van der Waals surface area (Å²) in [6.07, 6.45) is 0. The van der Waals surface area contributed by atoms with Gasteiger partial charge in [0.1, 0.15) is 11.6 Å². The van der Waals surface area contributed by atoms with Crippen LogP contribution in [-0.4, -0.2) is 17.0 Å². The SMILES string of the molecule is CC(C)C1CSC(Nc2cc(F)c(Br)cc2F)=N1. The van der Waals surface area contributed by atoms with E-state index < -0.39 is 11.6 Å². The number of hydrogen-bond acceptors (Lipinski definition) is 3. The molecule has 1 aromatic carbocycles. The predicted molar refractivity (Wildman–Crippen MR) is 76.2 cm³/mol. The Bertz CT molecular complexity index is 491. The monoisotopic (exact) mass is 334 g/mol. The van der Waals surface area contributed by atoms with E-state index in [9.17, 15) is 8.78 Å². The van der Waals surface area contributed by atoms with Gasteiger partial charge in [0, 0.05) is 11.8 Å². The molecule has 1 heterocycles. The first-order valence-electron chi connectivity index (χ1n) is 5.59. The molecule has 2 nitrogen and oxygen atoms in total. The van der Waals surface area contributed by atoms with Crippen molar-refractivity contribution in [2.24, 2.45) is 10.9 Å². The van der Waals surface area contributed by atoms with E-state index in [0.717, 1.165) is 17.9 Å². The van der Waals surface area contributed by atoms with Crippen LogP contribution in [0.15, 0.2) is 21.6 Å². The van der Waals surface area contributed by atoms with Crippen LogP contribution in [0.1, 0.15) is 13.8 Å². The summed E-state index contributed by atoms with van der Waals surface area (Å²) in [6, 6.07) is 2.48. The molecular weight excluding hydrogens is 322 g/mol. The third-order valence-corrected chi connectivity index (χ3v) is 4.29. The van der Waals surface area contributed by atoms with Crippen LogP contribution < -0.4 is 5.32 Å². The number of rotatable bonds is 2. The number of anilines is 1. The zero-order valence-corrected chi connectivity index (χ0v) is 12.4. The van der Waals surface area contributed by atoms with Gasteiger partial charge in [-0.05, 0) is 27.9 Å². The Morgan fingerprint density at radius 2 is 2.11 bits per heavy atom. The smallest absolute Gasteiger partial charge is 0.161 e. The van der Waals surface area contributed by atoms with E-state index in [4.69, 9.17) is 0 Å². The molecule has 0 spiro atoms. The van der Waals surface area contributed by atoms with E-state index in [1.54, 1.807) is 0 Å². The fraction of sp³-hybridized carbons (Fsp3) is 0.417. The van der Waals surface area contributed by atoms with Crippen LogP contribution in [-0.2, 0) is 0 Å². The van der Waals surface area contributed by atoms with Gasteiger partial charge in [0.25, 0.3) is 0 Å². The molecule has 6 heteroatoms. The summed E-state index contributed by atoms with van der Waals surface area (Å²) in [6.45, 7) is 4.19. The van der Waals surface area contributed by atoms with E-state index in [0.29, 0.717) is 11.1 Å². The minimum absolute atomic E-state index is 0.117. The zero-order valence-electron chi connectivity index (χ0n) is 10.0. The van der Waals surface area contributed by atoms with Gasteiger partial charge < -0.3 is 5.32 Å². The van der Waals surface area contributed by atoms with Gasteiger partial charge in [-0.3, -0.25) is 4.99 Å². The molecule has 1 atom stereocenters. The summed E-state index contributed by atoms with van der Waals surface area (Å²) in [5.41, 5.74) is 0.117. The second-order valence-corrected chi connectivity index (χ2v) is 6.29. The Morgan fingerprint density at radius 1 is 1.39 bits per heavy atom. The topological polar surface area (TPSA) is 24.4 Å². The van der Waals surface area contributed by atoms with Crippen molar-refractivity contribution in [1.29, 1.82) is 0 Å². The van der Waals surface area contributed by atoms with Gasteiger partial charge in [0.2, 0.25) is 0 Å². The average molecular weight is 335 g/mol. The molecule has 0 fully saturated rings. The molecule has 0 saturated heterocycles. The van der Waals surface area contributed by atoms with Crippen molar-refractivity contribution in [2.75, 3.05) is 11.1 Å². The lowest BCUT2D eigenvalue weighted by molar-refractivity contribution is 0.543. The molecule has 0 radical (unpaired) electrons. The lowest BCUT2D eigenvalue weighted by atomic mass is 10.1. The quantitative estimate of drug-likeness (QED) is 0.817. The molecule has 1 aliphatic heterocycles. The maximum atomic E-state index is 13.6. The van der Waals surface area contributed by atoms with Crippen LogP contribution in [0.3, 0.4) is 0 Å². The second-order valence-electron chi connectivity index (χ2n) is 4.43. The normalized spacial score (nSPS) is 19.2. The number of benzene rings is 1.